The number of benzene rings is 1. The summed E-state index contributed by atoms with van der Waals surface area (Å²) in [5.41, 5.74) is 5.01. The van der Waals surface area contributed by atoms with Gasteiger partial charge >= 0.3 is 6.09 Å². The first-order valence-corrected chi connectivity index (χ1v) is 14.4. The fourth-order valence-electron chi connectivity index (χ4n) is 6.17. The number of rotatable bonds is 12. The smallest absolute Gasteiger partial charge is 0.406 e. The monoisotopic (exact) mass is 552 g/mol. The van der Waals surface area contributed by atoms with E-state index in [1.165, 1.54) is 13.5 Å². The number of aliphatic hydroxyl groups excluding tert-OH is 1. The quantitative estimate of drug-likeness (QED) is 0.219. The highest BCUT2D eigenvalue weighted by Gasteiger charge is 2.46. The summed E-state index contributed by atoms with van der Waals surface area (Å²) < 4.78 is 4.65. The highest BCUT2D eigenvalue weighted by atomic mass is 35.5. The molecule has 2 amide bonds. The Labute approximate surface area is 231 Å². The van der Waals surface area contributed by atoms with Gasteiger partial charge in [-0.3, -0.25) is 4.79 Å². The first-order valence-electron chi connectivity index (χ1n) is 14.0. The van der Waals surface area contributed by atoms with Crippen molar-refractivity contribution in [3.63, 3.8) is 0 Å². The minimum atomic E-state index is -1.35. The predicted octanol–water partition coefficient (Wildman–Crippen LogP) is 2.81. The lowest BCUT2D eigenvalue weighted by molar-refractivity contribution is -0.133. The molecule has 0 bridgehead atoms. The zero-order chi connectivity index (χ0) is 27.5. The number of methoxy groups -OCH3 is 1. The van der Waals surface area contributed by atoms with Gasteiger partial charge in [-0.2, -0.15) is 0 Å². The lowest BCUT2D eigenvalue weighted by Gasteiger charge is -2.44. The van der Waals surface area contributed by atoms with Gasteiger partial charge in [0.2, 0.25) is 5.91 Å². The lowest BCUT2D eigenvalue weighted by atomic mass is 9.70. The standard InChI is InChI=1S/C28H45ClN4O5/c1-38-27(36)32-15-7-13-28(37,20-10-5-11-21(29)16-20)23-12-6-14-31-25(23)26(35)33-24(17-22(34)18-30)19-8-3-2-4-9-19/h5,10-11,16,19,22-25,31,34,37H,2-4,6-9,12-15,17-18,30H2,1H3,(H,32,36)(H,33,35). The Kier molecular flexibility index (Phi) is 12.1. The maximum absolute atomic E-state index is 13.8. The average Bonchev–Trinajstić information content (AvgIpc) is 2.95. The van der Waals surface area contributed by atoms with E-state index in [4.69, 9.17) is 17.3 Å². The molecule has 1 heterocycles. The van der Waals surface area contributed by atoms with Crippen molar-refractivity contribution in [1.82, 2.24) is 16.0 Å². The molecule has 0 aromatic heterocycles. The topological polar surface area (TPSA) is 146 Å². The maximum Gasteiger partial charge on any atom is 0.406 e. The molecule has 2 fully saturated rings. The summed E-state index contributed by atoms with van der Waals surface area (Å²) in [6.45, 7) is 1.15. The van der Waals surface area contributed by atoms with Gasteiger partial charge in [-0.1, -0.05) is 43.0 Å². The molecule has 3 rings (SSSR count). The number of ether oxygens (including phenoxy) is 1. The van der Waals surface area contributed by atoms with Gasteiger partial charge in [-0.15, -0.1) is 0 Å². The van der Waals surface area contributed by atoms with Gasteiger partial charge in [0.1, 0.15) is 0 Å². The Balaban J connectivity index is 1.83. The maximum atomic E-state index is 13.8. The zero-order valence-electron chi connectivity index (χ0n) is 22.5. The van der Waals surface area contributed by atoms with Crippen LogP contribution < -0.4 is 21.7 Å². The van der Waals surface area contributed by atoms with Gasteiger partial charge in [-0.25, -0.2) is 4.79 Å². The Hall–Kier alpha value is -1.91. The third-order valence-electron chi connectivity index (χ3n) is 8.21. The number of piperidine rings is 1. The van der Waals surface area contributed by atoms with Crippen LogP contribution in [0.5, 0.6) is 0 Å². The number of carbonyl (C=O) groups excluding carboxylic acids is 2. The molecule has 2 aliphatic rings. The number of aliphatic hydroxyl groups is 2. The number of hydrogen-bond donors (Lipinski definition) is 6. The van der Waals surface area contributed by atoms with Crippen LogP contribution in [0.4, 0.5) is 4.79 Å². The summed E-state index contributed by atoms with van der Waals surface area (Å²) in [5.74, 6) is -0.283. The second-order valence-corrected chi connectivity index (χ2v) is 11.2. The molecule has 1 aromatic carbocycles. The number of nitrogens with two attached hydrogens (primary N) is 1. The first-order chi connectivity index (χ1) is 18.3. The molecular weight excluding hydrogens is 508 g/mol. The summed E-state index contributed by atoms with van der Waals surface area (Å²) in [5, 5.41) is 32.4. The minimum Gasteiger partial charge on any atom is -0.453 e. The van der Waals surface area contributed by atoms with Gasteiger partial charge in [0.05, 0.1) is 24.9 Å². The molecule has 1 aromatic rings. The highest BCUT2D eigenvalue weighted by molar-refractivity contribution is 6.30. The summed E-state index contributed by atoms with van der Waals surface area (Å²) in [6, 6.07) is 6.35. The van der Waals surface area contributed by atoms with Crippen molar-refractivity contribution < 1.29 is 24.5 Å². The van der Waals surface area contributed by atoms with E-state index in [9.17, 15) is 19.8 Å². The third kappa shape index (κ3) is 8.29. The van der Waals surface area contributed by atoms with E-state index in [0.29, 0.717) is 55.3 Å². The second kappa shape index (κ2) is 15.0. The summed E-state index contributed by atoms with van der Waals surface area (Å²) in [7, 11) is 1.31. The van der Waals surface area contributed by atoms with E-state index < -0.39 is 29.8 Å². The lowest BCUT2D eigenvalue weighted by Crippen LogP contribution is -2.60. The van der Waals surface area contributed by atoms with E-state index in [2.05, 4.69) is 20.7 Å². The summed E-state index contributed by atoms with van der Waals surface area (Å²) in [6.07, 6.45) is 6.96. The fraction of sp³-hybridized carbons (Fsp3) is 0.714. The number of alkyl carbamates (subject to hydrolysis) is 1. The Morgan fingerprint density at radius 3 is 2.68 bits per heavy atom. The van der Waals surface area contributed by atoms with E-state index in [-0.39, 0.29) is 18.5 Å². The van der Waals surface area contributed by atoms with Gasteiger partial charge < -0.3 is 36.6 Å². The number of amides is 2. The molecule has 10 heteroatoms. The van der Waals surface area contributed by atoms with Crippen molar-refractivity contribution in [2.75, 3.05) is 26.7 Å². The van der Waals surface area contributed by atoms with Crippen LogP contribution in [-0.2, 0) is 15.1 Å². The van der Waals surface area contributed by atoms with Crippen LogP contribution in [0.25, 0.3) is 0 Å². The number of carbonyl (C=O) groups is 2. The van der Waals surface area contributed by atoms with Crippen LogP contribution in [0.15, 0.2) is 24.3 Å². The molecule has 5 atom stereocenters. The van der Waals surface area contributed by atoms with Crippen molar-refractivity contribution in [3.05, 3.63) is 34.9 Å². The van der Waals surface area contributed by atoms with Crippen LogP contribution in [0.1, 0.15) is 69.8 Å². The predicted molar refractivity (Wildman–Crippen MR) is 148 cm³/mol. The van der Waals surface area contributed by atoms with Crippen LogP contribution in [0, 0.1) is 11.8 Å². The fourth-order valence-corrected chi connectivity index (χ4v) is 6.36. The summed E-state index contributed by atoms with van der Waals surface area (Å²) in [4.78, 5) is 25.4. The van der Waals surface area contributed by atoms with Crippen LogP contribution in [0.2, 0.25) is 5.02 Å². The van der Waals surface area contributed by atoms with E-state index in [1.807, 2.05) is 6.07 Å². The molecule has 1 aliphatic carbocycles. The molecule has 1 saturated heterocycles. The SMILES string of the molecule is COC(=O)NCCCC(O)(c1cccc(Cl)c1)C1CCCNC1C(=O)NC(CC(O)CN)C1CCCCC1. The Morgan fingerprint density at radius 1 is 1.24 bits per heavy atom. The van der Waals surface area contributed by atoms with E-state index in [1.54, 1.807) is 18.2 Å². The normalized spacial score (nSPS) is 23.6. The van der Waals surface area contributed by atoms with Crippen LogP contribution in [-0.4, -0.2) is 67.1 Å². The van der Waals surface area contributed by atoms with Gasteiger partial charge in [0, 0.05) is 30.1 Å². The Morgan fingerprint density at radius 2 is 2.00 bits per heavy atom. The van der Waals surface area contributed by atoms with Crippen molar-refractivity contribution in [2.45, 2.75) is 88.0 Å². The Bertz CT molecular complexity index is 900. The first kappa shape index (κ1) is 30.6. The largest absolute Gasteiger partial charge is 0.453 e. The van der Waals surface area contributed by atoms with Crippen molar-refractivity contribution in [2.24, 2.45) is 17.6 Å². The number of nitrogens with one attached hydrogen (secondary N) is 3. The van der Waals surface area contributed by atoms with Crippen LogP contribution >= 0.6 is 11.6 Å². The van der Waals surface area contributed by atoms with Gasteiger partial charge in [0.25, 0.3) is 0 Å². The molecule has 9 nitrogen and oxygen atoms in total. The van der Waals surface area contributed by atoms with Crippen molar-refractivity contribution >= 4 is 23.6 Å². The van der Waals surface area contributed by atoms with Crippen molar-refractivity contribution in [3.8, 4) is 0 Å². The van der Waals surface area contributed by atoms with Crippen molar-refractivity contribution in [1.29, 1.82) is 0 Å². The second-order valence-electron chi connectivity index (χ2n) is 10.8. The molecule has 1 aliphatic heterocycles. The highest BCUT2D eigenvalue weighted by Crippen LogP contribution is 2.41. The van der Waals surface area contributed by atoms with E-state index >= 15 is 0 Å². The molecule has 38 heavy (non-hydrogen) atoms. The van der Waals surface area contributed by atoms with Gasteiger partial charge in [-0.05, 0) is 75.1 Å². The number of halogens is 1. The minimum absolute atomic E-state index is 0.150. The molecule has 7 N–H and O–H groups in total. The van der Waals surface area contributed by atoms with Crippen LogP contribution in [0.3, 0.4) is 0 Å². The number of hydrogen-bond acceptors (Lipinski definition) is 7. The van der Waals surface area contributed by atoms with E-state index in [0.717, 1.165) is 32.1 Å². The molecule has 0 radical (unpaired) electrons. The average molecular weight is 553 g/mol. The molecule has 0 spiro atoms. The molecule has 1 saturated carbocycles. The molecule has 5 unspecified atom stereocenters. The third-order valence-corrected chi connectivity index (χ3v) is 8.45. The van der Waals surface area contributed by atoms with Gasteiger partial charge in [0.15, 0.2) is 0 Å². The summed E-state index contributed by atoms with van der Waals surface area (Å²) >= 11 is 6.31. The zero-order valence-corrected chi connectivity index (χ0v) is 23.2. The molecule has 214 valence electrons. The molecular formula is C28H45ClN4O5.